The summed E-state index contributed by atoms with van der Waals surface area (Å²) in [6.45, 7) is 4.67. The molecule has 0 aromatic heterocycles. The summed E-state index contributed by atoms with van der Waals surface area (Å²) >= 11 is 0. The predicted molar refractivity (Wildman–Crippen MR) is 119 cm³/mol. The van der Waals surface area contributed by atoms with Crippen molar-refractivity contribution in [3.63, 3.8) is 0 Å². The molecule has 2 aliphatic rings. The summed E-state index contributed by atoms with van der Waals surface area (Å²) in [6, 6.07) is 13.9. The Morgan fingerprint density at radius 3 is 2.31 bits per heavy atom. The van der Waals surface area contributed by atoms with E-state index in [1.807, 2.05) is 24.3 Å². The Labute approximate surface area is 187 Å². The summed E-state index contributed by atoms with van der Waals surface area (Å²) < 4.78 is 41.8. The number of hydrogen-bond acceptors (Lipinski definition) is 4. The SMILES string of the molecule is OC1(C(CN2CCNCC2)c2ccc(-c3cccc(OC(F)(F)F)c3)cc2)CCCCC1. The lowest BCUT2D eigenvalue weighted by Gasteiger charge is -2.42. The molecular formula is C25H31F3N2O2. The second-order valence-corrected chi connectivity index (χ2v) is 8.97. The first kappa shape index (κ1) is 23.1. The molecule has 1 atom stereocenters. The van der Waals surface area contributed by atoms with Gasteiger partial charge in [0.1, 0.15) is 5.75 Å². The van der Waals surface area contributed by atoms with Gasteiger partial charge in [0.05, 0.1) is 5.60 Å². The minimum absolute atomic E-state index is 0.00912. The van der Waals surface area contributed by atoms with Gasteiger partial charge in [0.15, 0.2) is 0 Å². The molecule has 0 amide bonds. The van der Waals surface area contributed by atoms with Crippen LogP contribution in [0.5, 0.6) is 5.75 Å². The molecule has 4 nitrogen and oxygen atoms in total. The van der Waals surface area contributed by atoms with Crippen molar-refractivity contribution < 1.29 is 23.0 Å². The maximum absolute atomic E-state index is 12.6. The third kappa shape index (κ3) is 5.82. The second kappa shape index (κ2) is 9.81. The Bertz CT molecular complexity index is 874. The number of piperazine rings is 1. The summed E-state index contributed by atoms with van der Waals surface area (Å²) in [5.74, 6) is -0.220. The fourth-order valence-corrected chi connectivity index (χ4v) is 5.03. The zero-order chi connectivity index (χ0) is 22.6. The van der Waals surface area contributed by atoms with E-state index in [0.717, 1.165) is 76.0 Å². The number of ether oxygens (including phenoxy) is 1. The minimum atomic E-state index is -4.71. The number of hydrogen-bond donors (Lipinski definition) is 2. The van der Waals surface area contributed by atoms with Gasteiger partial charge in [-0.15, -0.1) is 13.2 Å². The fourth-order valence-electron chi connectivity index (χ4n) is 5.03. The quantitative estimate of drug-likeness (QED) is 0.657. The van der Waals surface area contributed by atoms with E-state index < -0.39 is 12.0 Å². The van der Waals surface area contributed by atoms with Crippen LogP contribution in [-0.4, -0.2) is 54.7 Å². The van der Waals surface area contributed by atoms with Crippen LogP contribution in [0.2, 0.25) is 0 Å². The lowest BCUT2D eigenvalue weighted by Crippen LogP contribution is -2.49. The highest BCUT2D eigenvalue weighted by atomic mass is 19.4. The van der Waals surface area contributed by atoms with Gasteiger partial charge < -0.3 is 20.1 Å². The predicted octanol–water partition coefficient (Wildman–Crippen LogP) is 4.94. The Morgan fingerprint density at radius 1 is 0.969 bits per heavy atom. The largest absolute Gasteiger partial charge is 0.573 e. The number of benzene rings is 2. The smallest absolute Gasteiger partial charge is 0.406 e. The van der Waals surface area contributed by atoms with E-state index in [4.69, 9.17) is 0 Å². The zero-order valence-electron chi connectivity index (χ0n) is 18.2. The summed E-state index contributed by atoms with van der Waals surface area (Å²) in [5, 5.41) is 15.0. The molecular weight excluding hydrogens is 417 g/mol. The van der Waals surface area contributed by atoms with Crippen molar-refractivity contribution in [2.24, 2.45) is 0 Å². The van der Waals surface area contributed by atoms with E-state index in [1.165, 1.54) is 12.1 Å². The summed E-state index contributed by atoms with van der Waals surface area (Å²) in [5.41, 5.74) is 1.84. The molecule has 1 aliphatic heterocycles. The summed E-state index contributed by atoms with van der Waals surface area (Å²) in [4.78, 5) is 2.42. The van der Waals surface area contributed by atoms with Gasteiger partial charge in [0, 0.05) is 38.6 Å². The molecule has 2 aromatic carbocycles. The number of rotatable bonds is 6. The molecule has 1 saturated carbocycles. The molecule has 0 radical (unpaired) electrons. The molecule has 0 bridgehead atoms. The van der Waals surface area contributed by atoms with Gasteiger partial charge in [-0.1, -0.05) is 55.7 Å². The van der Waals surface area contributed by atoms with E-state index in [0.29, 0.717) is 5.56 Å². The Hall–Kier alpha value is -2.09. The second-order valence-electron chi connectivity index (χ2n) is 8.97. The van der Waals surface area contributed by atoms with Crippen LogP contribution < -0.4 is 10.1 Å². The van der Waals surface area contributed by atoms with Gasteiger partial charge in [-0.2, -0.15) is 0 Å². The number of halogens is 3. The summed E-state index contributed by atoms with van der Waals surface area (Å²) in [7, 11) is 0. The monoisotopic (exact) mass is 448 g/mol. The van der Waals surface area contributed by atoms with Crippen LogP contribution >= 0.6 is 0 Å². The van der Waals surface area contributed by atoms with E-state index in [9.17, 15) is 18.3 Å². The molecule has 4 rings (SSSR count). The van der Waals surface area contributed by atoms with Crippen molar-refractivity contribution in [1.82, 2.24) is 10.2 Å². The molecule has 32 heavy (non-hydrogen) atoms. The third-order valence-electron chi connectivity index (χ3n) is 6.73. The molecule has 1 unspecified atom stereocenters. The maximum Gasteiger partial charge on any atom is 0.573 e. The zero-order valence-corrected chi connectivity index (χ0v) is 18.2. The van der Waals surface area contributed by atoms with Gasteiger partial charge in [-0.25, -0.2) is 0 Å². The first-order valence-corrected chi connectivity index (χ1v) is 11.4. The first-order chi connectivity index (χ1) is 15.3. The van der Waals surface area contributed by atoms with Crippen LogP contribution in [-0.2, 0) is 0 Å². The first-order valence-electron chi connectivity index (χ1n) is 11.4. The Kier molecular flexibility index (Phi) is 7.08. The number of aliphatic hydroxyl groups is 1. The van der Waals surface area contributed by atoms with Crippen molar-refractivity contribution in [1.29, 1.82) is 0 Å². The Morgan fingerprint density at radius 2 is 1.66 bits per heavy atom. The van der Waals surface area contributed by atoms with Gasteiger partial charge >= 0.3 is 6.36 Å². The van der Waals surface area contributed by atoms with Gasteiger partial charge in [0.25, 0.3) is 0 Å². The van der Waals surface area contributed by atoms with Crippen molar-refractivity contribution in [2.75, 3.05) is 32.7 Å². The van der Waals surface area contributed by atoms with Gasteiger partial charge in [-0.05, 0) is 41.7 Å². The van der Waals surface area contributed by atoms with Crippen molar-refractivity contribution >= 4 is 0 Å². The number of nitrogens with one attached hydrogen (secondary N) is 1. The normalized spacial score (nSPS) is 20.6. The van der Waals surface area contributed by atoms with Crippen LogP contribution in [0.1, 0.15) is 43.6 Å². The maximum atomic E-state index is 12.6. The molecule has 1 saturated heterocycles. The lowest BCUT2D eigenvalue weighted by atomic mass is 9.72. The van der Waals surface area contributed by atoms with E-state index in [2.05, 4.69) is 15.0 Å². The van der Waals surface area contributed by atoms with Crippen molar-refractivity contribution in [3.05, 3.63) is 54.1 Å². The van der Waals surface area contributed by atoms with Crippen LogP contribution in [0.3, 0.4) is 0 Å². The molecule has 2 fully saturated rings. The van der Waals surface area contributed by atoms with Crippen LogP contribution in [0.15, 0.2) is 48.5 Å². The highest BCUT2D eigenvalue weighted by Crippen LogP contribution is 2.41. The standard InChI is InChI=1S/C25H31F3N2O2/c26-25(27,28)32-22-6-4-5-21(17-22)19-7-9-20(10-8-19)23(18-30-15-13-29-14-16-30)24(31)11-2-1-3-12-24/h4-10,17,23,29,31H,1-3,11-16,18H2. The average Bonchev–Trinajstić information content (AvgIpc) is 2.78. The lowest BCUT2D eigenvalue weighted by molar-refractivity contribution is -0.274. The minimum Gasteiger partial charge on any atom is -0.406 e. The fraction of sp³-hybridized carbons (Fsp3) is 0.520. The van der Waals surface area contributed by atoms with Crippen molar-refractivity contribution in [3.8, 4) is 16.9 Å². The van der Waals surface area contributed by atoms with Crippen LogP contribution in [0.25, 0.3) is 11.1 Å². The molecule has 7 heteroatoms. The van der Waals surface area contributed by atoms with E-state index in [-0.39, 0.29) is 11.7 Å². The third-order valence-corrected chi connectivity index (χ3v) is 6.73. The molecule has 2 aromatic rings. The summed E-state index contributed by atoms with van der Waals surface area (Å²) in [6.07, 6.45) is 0.148. The van der Waals surface area contributed by atoms with Crippen LogP contribution in [0, 0.1) is 0 Å². The number of alkyl halides is 3. The molecule has 1 aliphatic carbocycles. The molecule has 174 valence electrons. The average molecular weight is 449 g/mol. The molecule has 1 heterocycles. The van der Waals surface area contributed by atoms with Gasteiger partial charge in [0.2, 0.25) is 0 Å². The topological polar surface area (TPSA) is 44.7 Å². The highest BCUT2D eigenvalue weighted by molar-refractivity contribution is 5.65. The van der Waals surface area contributed by atoms with E-state index >= 15 is 0 Å². The Balaban J connectivity index is 1.57. The highest BCUT2D eigenvalue weighted by Gasteiger charge is 2.39. The van der Waals surface area contributed by atoms with E-state index in [1.54, 1.807) is 12.1 Å². The van der Waals surface area contributed by atoms with Gasteiger partial charge in [-0.3, -0.25) is 0 Å². The molecule has 2 N–H and O–H groups in total. The van der Waals surface area contributed by atoms with Crippen molar-refractivity contribution in [2.45, 2.75) is 50.0 Å². The number of nitrogens with zero attached hydrogens (tertiary/aromatic N) is 1. The van der Waals surface area contributed by atoms with Crippen LogP contribution in [0.4, 0.5) is 13.2 Å². The molecule has 0 spiro atoms.